The quantitative estimate of drug-likeness (QED) is 0.289. The fraction of sp³-hybridized carbons (Fsp3) is 0.0769. The highest BCUT2D eigenvalue weighted by Gasteiger charge is 2.46. The second-order valence-corrected chi connectivity index (χ2v) is 11.2. The summed E-state index contributed by atoms with van der Waals surface area (Å²) in [5.41, 5.74) is -0.0242. The molecule has 0 aliphatic rings. The van der Waals surface area contributed by atoms with E-state index in [0.717, 1.165) is 28.0 Å². The third kappa shape index (κ3) is 4.39. The van der Waals surface area contributed by atoms with Crippen LogP contribution in [0.25, 0.3) is 0 Å². The molecule has 0 bridgehead atoms. The first kappa shape index (κ1) is 21.6. The summed E-state index contributed by atoms with van der Waals surface area (Å²) in [5.74, 6) is 0. The van der Waals surface area contributed by atoms with Crippen LogP contribution in [0.2, 0.25) is 5.02 Å². The van der Waals surface area contributed by atoms with Gasteiger partial charge in [-0.05, 0) is 48.5 Å². The summed E-state index contributed by atoms with van der Waals surface area (Å²) < 4.78 is 39.5. The smallest absolute Gasteiger partial charge is 0.166 e. The van der Waals surface area contributed by atoms with Crippen LogP contribution in [0, 0.1) is 0 Å². The molecule has 0 amide bonds. The van der Waals surface area contributed by atoms with Gasteiger partial charge in [0, 0.05) is 10.6 Å². The molecular weight excluding hydrogens is 436 g/mol. The van der Waals surface area contributed by atoms with Crippen LogP contribution in [0.4, 0.5) is 13.2 Å². The van der Waals surface area contributed by atoms with Gasteiger partial charge in [-0.1, -0.05) is 72.3 Å². The van der Waals surface area contributed by atoms with Gasteiger partial charge in [0.05, 0.1) is 11.7 Å². The van der Waals surface area contributed by atoms with E-state index < -0.39 is 19.0 Å². The van der Waals surface area contributed by atoms with Crippen LogP contribution < -0.4 is 15.9 Å². The third-order valence-corrected chi connectivity index (χ3v) is 10.1. The number of hydrogen-bond acceptors (Lipinski definition) is 0. The first-order chi connectivity index (χ1) is 14.9. The monoisotopic (exact) mass is 455 g/mol. The van der Waals surface area contributed by atoms with Gasteiger partial charge >= 0.3 is 6.18 Å². The first-order valence-electron chi connectivity index (χ1n) is 9.82. The number of rotatable bonds is 5. The summed E-state index contributed by atoms with van der Waals surface area (Å²) in [7, 11) is -2.22. The van der Waals surface area contributed by atoms with Gasteiger partial charge in [0.15, 0.2) is 0 Å². The average molecular weight is 456 g/mol. The van der Waals surface area contributed by atoms with Crippen molar-refractivity contribution in [3.8, 4) is 0 Å². The first-order valence-corrected chi connectivity index (χ1v) is 12.2. The number of benzene rings is 4. The molecule has 0 aliphatic heterocycles. The van der Waals surface area contributed by atoms with E-state index in [1.807, 2.05) is 54.6 Å². The molecule has 4 aromatic rings. The Hall–Kier alpha value is -2.61. The molecule has 0 aromatic heterocycles. The molecule has 4 rings (SSSR count). The van der Waals surface area contributed by atoms with Crippen molar-refractivity contribution < 1.29 is 13.2 Å². The SMILES string of the molecule is FC(F)(F)c1ccc(C[P+](c2ccccc2)(c2ccccc2)c2ccccc2)c(Cl)c1. The van der Waals surface area contributed by atoms with Gasteiger partial charge in [0.25, 0.3) is 0 Å². The minimum absolute atomic E-state index is 0.141. The fourth-order valence-corrected chi connectivity index (χ4v) is 8.49. The molecule has 0 radical (unpaired) electrons. The zero-order valence-electron chi connectivity index (χ0n) is 16.6. The van der Waals surface area contributed by atoms with Crippen molar-refractivity contribution in [3.05, 3.63) is 125 Å². The van der Waals surface area contributed by atoms with Gasteiger partial charge in [-0.25, -0.2) is 0 Å². The van der Waals surface area contributed by atoms with Crippen LogP contribution in [-0.4, -0.2) is 0 Å². The highest BCUT2D eigenvalue weighted by Crippen LogP contribution is 2.58. The van der Waals surface area contributed by atoms with Crippen LogP contribution in [-0.2, 0) is 12.3 Å². The van der Waals surface area contributed by atoms with E-state index in [2.05, 4.69) is 36.4 Å². The molecule has 156 valence electrons. The Labute approximate surface area is 185 Å². The molecule has 0 atom stereocenters. The molecule has 4 aromatic carbocycles. The molecule has 0 saturated carbocycles. The van der Waals surface area contributed by atoms with Crippen molar-refractivity contribution in [2.45, 2.75) is 12.3 Å². The molecule has 0 nitrogen and oxygen atoms in total. The van der Waals surface area contributed by atoms with Crippen molar-refractivity contribution in [2.24, 2.45) is 0 Å². The summed E-state index contributed by atoms with van der Waals surface area (Å²) in [6.07, 6.45) is -3.89. The molecule has 31 heavy (non-hydrogen) atoms. The second-order valence-electron chi connectivity index (χ2n) is 7.28. The van der Waals surface area contributed by atoms with Crippen LogP contribution in [0.3, 0.4) is 0 Å². The van der Waals surface area contributed by atoms with Crippen LogP contribution in [0.5, 0.6) is 0 Å². The summed E-state index contributed by atoms with van der Waals surface area (Å²) in [4.78, 5) is 0. The Bertz CT molecular complexity index is 1050. The summed E-state index contributed by atoms with van der Waals surface area (Å²) in [6.45, 7) is 0. The lowest BCUT2D eigenvalue weighted by molar-refractivity contribution is -0.137. The molecule has 0 saturated heterocycles. The molecule has 0 spiro atoms. The van der Waals surface area contributed by atoms with Crippen molar-refractivity contribution in [1.82, 2.24) is 0 Å². The van der Waals surface area contributed by atoms with Gasteiger partial charge in [-0.15, -0.1) is 0 Å². The average Bonchev–Trinajstić information content (AvgIpc) is 2.79. The van der Waals surface area contributed by atoms with Gasteiger partial charge in [-0.2, -0.15) is 13.2 Å². The molecule has 0 N–H and O–H groups in total. The van der Waals surface area contributed by atoms with E-state index in [4.69, 9.17) is 11.6 Å². The Morgan fingerprint density at radius 2 is 1.03 bits per heavy atom. The molecule has 5 heteroatoms. The second kappa shape index (κ2) is 8.86. The maximum Gasteiger partial charge on any atom is 0.416 e. The van der Waals surface area contributed by atoms with E-state index in [-0.39, 0.29) is 5.02 Å². The van der Waals surface area contributed by atoms with E-state index in [0.29, 0.717) is 11.7 Å². The van der Waals surface area contributed by atoms with E-state index in [9.17, 15) is 13.2 Å². The minimum atomic E-state index is -4.42. The summed E-state index contributed by atoms with van der Waals surface area (Å²) in [5, 5.41) is 3.61. The fourth-order valence-electron chi connectivity index (χ4n) is 3.88. The Balaban J connectivity index is 1.95. The highest BCUT2D eigenvalue weighted by molar-refractivity contribution is 7.95. The zero-order valence-corrected chi connectivity index (χ0v) is 18.2. The largest absolute Gasteiger partial charge is 0.416 e. The third-order valence-electron chi connectivity index (χ3n) is 5.38. The van der Waals surface area contributed by atoms with E-state index >= 15 is 0 Å². The van der Waals surface area contributed by atoms with E-state index in [1.54, 1.807) is 0 Å². The lowest BCUT2D eigenvalue weighted by Crippen LogP contribution is -2.32. The Morgan fingerprint density at radius 1 is 0.613 bits per heavy atom. The standard InChI is InChI=1S/C26H20ClF3P/c27-25-18-21(26(28,29)30)17-16-20(25)19-31(22-10-4-1-5-11-22,23-12-6-2-7-13-23)24-14-8-3-9-15-24/h1-18H,19H2/q+1. The lowest BCUT2D eigenvalue weighted by atomic mass is 10.1. The van der Waals surface area contributed by atoms with Crippen molar-refractivity contribution in [1.29, 1.82) is 0 Å². The lowest BCUT2D eigenvalue weighted by Gasteiger charge is -2.28. The molecule has 0 heterocycles. The summed E-state index contributed by atoms with van der Waals surface area (Å²) in [6, 6.07) is 34.2. The number of hydrogen-bond donors (Lipinski definition) is 0. The van der Waals surface area contributed by atoms with Crippen molar-refractivity contribution >= 4 is 34.8 Å². The van der Waals surface area contributed by atoms with Gasteiger partial charge in [0.2, 0.25) is 0 Å². The maximum absolute atomic E-state index is 13.2. The maximum atomic E-state index is 13.2. The normalized spacial score (nSPS) is 12.0. The topological polar surface area (TPSA) is 0 Å². The predicted molar refractivity (Wildman–Crippen MR) is 125 cm³/mol. The van der Waals surface area contributed by atoms with Crippen LogP contribution >= 0.6 is 18.9 Å². The number of halogens is 4. The van der Waals surface area contributed by atoms with Crippen LogP contribution in [0.1, 0.15) is 11.1 Å². The van der Waals surface area contributed by atoms with Gasteiger partial charge in [-0.3, -0.25) is 0 Å². The van der Waals surface area contributed by atoms with Gasteiger partial charge in [0.1, 0.15) is 23.2 Å². The minimum Gasteiger partial charge on any atom is -0.166 e. The molecule has 0 aliphatic carbocycles. The summed E-state index contributed by atoms with van der Waals surface area (Å²) >= 11 is 6.42. The predicted octanol–water partition coefficient (Wildman–Crippen LogP) is 6.85. The molecule has 0 fully saturated rings. The van der Waals surface area contributed by atoms with Crippen LogP contribution in [0.15, 0.2) is 109 Å². The Morgan fingerprint density at radius 3 is 1.39 bits per heavy atom. The van der Waals surface area contributed by atoms with Crippen molar-refractivity contribution in [2.75, 3.05) is 0 Å². The van der Waals surface area contributed by atoms with E-state index in [1.165, 1.54) is 6.07 Å². The molecule has 0 unspecified atom stereocenters. The van der Waals surface area contributed by atoms with Gasteiger partial charge < -0.3 is 0 Å². The molecular formula is C26H20ClF3P+. The highest BCUT2D eigenvalue weighted by atomic mass is 35.5. The van der Waals surface area contributed by atoms with Crippen molar-refractivity contribution in [3.63, 3.8) is 0 Å². The number of alkyl halides is 3. The Kier molecular flexibility index (Phi) is 6.18. The zero-order chi connectivity index (χ0) is 21.9.